The Bertz CT molecular complexity index is 866. The smallest absolute Gasteiger partial charge is 0.282 e. The van der Waals surface area contributed by atoms with Gasteiger partial charge in [0.2, 0.25) is 0 Å². The number of nitrogens with one attached hydrogen (secondary N) is 3. The number of carbonyl (C=O) groups excluding carboxylic acids is 3. The molecule has 0 aliphatic rings. The molecule has 0 saturated heterocycles. The lowest BCUT2D eigenvalue weighted by Gasteiger charge is -2.20. The molecule has 3 N–H and O–H groups in total. The Morgan fingerprint density at radius 1 is 1.04 bits per heavy atom. The topological polar surface area (TPSA) is 88.9 Å². The lowest BCUT2D eigenvalue weighted by molar-refractivity contribution is -0.885. The van der Waals surface area contributed by atoms with Crippen LogP contribution in [0.5, 0.6) is 5.75 Å². The largest absolute Gasteiger partial charge is 0.497 e. The van der Waals surface area contributed by atoms with E-state index in [0.717, 1.165) is 4.90 Å². The lowest BCUT2D eigenvalue weighted by Crippen LogP contribution is -3.14. The fraction of sp³-hybridized carbons (Fsp3) is 0.286. The zero-order chi connectivity index (χ0) is 20.7. The molecule has 0 fully saturated rings. The molecule has 0 radical (unpaired) electrons. The van der Waals surface area contributed by atoms with Crippen molar-refractivity contribution in [2.45, 2.75) is 19.9 Å². The zero-order valence-corrected chi connectivity index (χ0v) is 16.5. The number of ether oxygens (including phenoxy) is 1. The van der Waals surface area contributed by atoms with Crippen LogP contribution in [0, 0.1) is 0 Å². The fourth-order valence-corrected chi connectivity index (χ4v) is 2.60. The normalized spacial score (nSPS) is 12.6. The summed E-state index contributed by atoms with van der Waals surface area (Å²) in [6.07, 6.45) is 0. The first-order valence-electron chi connectivity index (χ1n) is 8.98. The maximum absolute atomic E-state index is 12.5. The molecule has 1 unspecified atom stereocenters. The second kappa shape index (κ2) is 9.66. The van der Waals surface area contributed by atoms with E-state index in [1.807, 2.05) is 0 Å². The molecule has 0 bridgehead atoms. The number of ketones is 1. The van der Waals surface area contributed by atoms with E-state index in [1.54, 1.807) is 69.6 Å². The van der Waals surface area contributed by atoms with E-state index >= 15 is 0 Å². The standard InChI is InChI=1S/C21H25N3O4/c1-14(21(27)23-17-8-5-7-16(11-17)15(2)25)24(3)13-20(26)22-18-9-6-10-19(12-18)28-4/h5-12,14H,13H2,1-4H3,(H,22,26)(H,23,27)/p+1/t14-/m0/s1. The van der Waals surface area contributed by atoms with Gasteiger partial charge in [0.15, 0.2) is 18.4 Å². The minimum atomic E-state index is -0.461. The Balaban J connectivity index is 1.92. The summed E-state index contributed by atoms with van der Waals surface area (Å²) in [7, 11) is 3.34. The number of anilines is 2. The predicted octanol–water partition coefficient (Wildman–Crippen LogP) is 1.38. The highest BCUT2D eigenvalue weighted by molar-refractivity contribution is 5.98. The molecule has 7 nitrogen and oxygen atoms in total. The highest BCUT2D eigenvalue weighted by Gasteiger charge is 2.24. The van der Waals surface area contributed by atoms with E-state index in [2.05, 4.69) is 10.6 Å². The van der Waals surface area contributed by atoms with Crippen LogP contribution in [0.2, 0.25) is 0 Å². The predicted molar refractivity (Wildman–Crippen MR) is 108 cm³/mol. The third-order valence-electron chi connectivity index (χ3n) is 4.46. The molecule has 0 spiro atoms. The SMILES string of the molecule is COc1cccc(NC(=O)C[NH+](C)[C@@H](C)C(=O)Nc2cccc(C(C)=O)c2)c1. The number of hydrogen-bond acceptors (Lipinski definition) is 4. The fourth-order valence-electron chi connectivity index (χ4n) is 2.60. The molecule has 2 amide bonds. The minimum absolute atomic E-state index is 0.0684. The number of benzene rings is 2. The summed E-state index contributed by atoms with van der Waals surface area (Å²) in [6, 6.07) is 13.4. The van der Waals surface area contributed by atoms with Crippen molar-refractivity contribution in [1.29, 1.82) is 0 Å². The average molecular weight is 384 g/mol. The molecule has 28 heavy (non-hydrogen) atoms. The van der Waals surface area contributed by atoms with Gasteiger partial charge in [0.25, 0.3) is 11.8 Å². The minimum Gasteiger partial charge on any atom is -0.497 e. The molecule has 0 aromatic heterocycles. The van der Waals surface area contributed by atoms with Crippen molar-refractivity contribution in [2.75, 3.05) is 31.3 Å². The van der Waals surface area contributed by atoms with Crippen molar-refractivity contribution in [2.24, 2.45) is 0 Å². The van der Waals surface area contributed by atoms with Crippen LogP contribution in [0.4, 0.5) is 11.4 Å². The van der Waals surface area contributed by atoms with Crippen LogP contribution >= 0.6 is 0 Å². The summed E-state index contributed by atoms with van der Waals surface area (Å²) in [5, 5.41) is 5.60. The van der Waals surface area contributed by atoms with Crippen LogP contribution < -0.4 is 20.3 Å². The van der Waals surface area contributed by atoms with Gasteiger partial charge < -0.3 is 20.3 Å². The van der Waals surface area contributed by atoms with Gasteiger partial charge >= 0.3 is 0 Å². The van der Waals surface area contributed by atoms with E-state index in [-0.39, 0.29) is 24.1 Å². The first-order valence-corrected chi connectivity index (χ1v) is 8.98. The first-order chi connectivity index (χ1) is 13.3. The number of Topliss-reactive ketones (excluding diaryl/α,β-unsaturated/α-hetero) is 1. The van der Waals surface area contributed by atoms with Gasteiger partial charge in [-0.1, -0.05) is 18.2 Å². The molecule has 2 aromatic rings. The number of likely N-dealkylation sites (N-methyl/N-ethyl adjacent to an activating group) is 1. The van der Waals surface area contributed by atoms with Gasteiger partial charge in [0.1, 0.15) is 5.75 Å². The molecular formula is C21H26N3O4+. The summed E-state index contributed by atoms with van der Waals surface area (Å²) in [5.74, 6) is 0.150. The number of rotatable bonds is 8. The summed E-state index contributed by atoms with van der Waals surface area (Å²) in [4.78, 5) is 37.0. The van der Waals surface area contributed by atoms with E-state index in [9.17, 15) is 14.4 Å². The molecule has 0 saturated carbocycles. The number of carbonyl (C=O) groups is 3. The quantitative estimate of drug-likeness (QED) is 0.600. The van der Waals surface area contributed by atoms with Crippen LogP contribution in [0.15, 0.2) is 48.5 Å². The van der Waals surface area contributed by atoms with Gasteiger partial charge in [0, 0.05) is 23.0 Å². The summed E-state index contributed by atoms with van der Waals surface area (Å²) < 4.78 is 5.14. The molecule has 7 heteroatoms. The Labute approximate surface area is 164 Å². The highest BCUT2D eigenvalue weighted by Crippen LogP contribution is 2.16. The van der Waals surface area contributed by atoms with Crippen molar-refractivity contribution in [3.8, 4) is 5.75 Å². The Morgan fingerprint density at radius 3 is 2.32 bits per heavy atom. The molecule has 2 aromatic carbocycles. The van der Waals surface area contributed by atoms with Gasteiger partial charge in [-0.2, -0.15) is 0 Å². The van der Waals surface area contributed by atoms with Crippen molar-refractivity contribution in [1.82, 2.24) is 0 Å². The third-order valence-corrected chi connectivity index (χ3v) is 4.46. The number of hydrogen-bond donors (Lipinski definition) is 3. The van der Waals surface area contributed by atoms with Crippen LogP contribution in [-0.2, 0) is 9.59 Å². The Hall–Kier alpha value is -3.19. The van der Waals surface area contributed by atoms with Gasteiger partial charge in [-0.05, 0) is 38.1 Å². The number of amides is 2. The maximum Gasteiger partial charge on any atom is 0.282 e. The van der Waals surface area contributed by atoms with Crippen molar-refractivity contribution >= 4 is 29.0 Å². The zero-order valence-electron chi connectivity index (χ0n) is 16.5. The second-order valence-corrected chi connectivity index (χ2v) is 6.65. The monoisotopic (exact) mass is 384 g/mol. The molecule has 2 rings (SSSR count). The van der Waals surface area contributed by atoms with Crippen LogP contribution in [0.1, 0.15) is 24.2 Å². The van der Waals surface area contributed by atoms with E-state index in [4.69, 9.17) is 4.74 Å². The van der Waals surface area contributed by atoms with E-state index in [0.29, 0.717) is 22.7 Å². The third kappa shape index (κ3) is 5.92. The van der Waals surface area contributed by atoms with Crippen molar-refractivity contribution in [3.63, 3.8) is 0 Å². The van der Waals surface area contributed by atoms with E-state index in [1.165, 1.54) is 6.92 Å². The number of quaternary nitrogens is 1. The maximum atomic E-state index is 12.5. The van der Waals surface area contributed by atoms with Gasteiger partial charge in [-0.3, -0.25) is 14.4 Å². The summed E-state index contributed by atoms with van der Waals surface area (Å²) in [6.45, 7) is 3.35. The Kier molecular flexibility index (Phi) is 7.28. The molecule has 2 atom stereocenters. The van der Waals surface area contributed by atoms with Crippen molar-refractivity contribution < 1.29 is 24.0 Å². The van der Waals surface area contributed by atoms with Gasteiger partial charge in [-0.15, -0.1) is 0 Å². The molecule has 148 valence electrons. The second-order valence-electron chi connectivity index (χ2n) is 6.65. The van der Waals surface area contributed by atoms with Crippen LogP contribution in [0.3, 0.4) is 0 Å². The number of methoxy groups -OCH3 is 1. The Morgan fingerprint density at radius 2 is 1.68 bits per heavy atom. The van der Waals surface area contributed by atoms with Crippen LogP contribution in [0.25, 0.3) is 0 Å². The summed E-state index contributed by atoms with van der Waals surface area (Å²) >= 11 is 0. The van der Waals surface area contributed by atoms with Crippen LogP contribution in [-0.4, -0.2) is 44.3 Å². The molecule has 0 aliphatic carbocycles. The molecular weight excluding hydrogens is 358 g/mol. The molecule has 0 aliphatic heterocycles. The first kappa shape index (κ1) is 21.1. The van der Waals surface area contributed by atoms with Gasteiger partial charge in [-0.25, -0.2) is 0 Å². The average Bonchev–Trinajstić information content (AvgIpc) is 2.67. The highest BCUT2D eigenvalue weighted by atomic mass is 16.5. The van der Waals surface area contributed by atoms with Crippen molar-refractivity contribution in [3.05, 3.63) is 54.1 Å². The van der Waals surface area contributed by atoms with Gasteiger partial charge in [0.05, 0.1) is 14.2 Å². The molecule has 0 heterocycles. The van der Waals surface area contributed by atoms with E-state index < -0.39 is 6.04 Å². The summed E-state index contributed by atoms with van der Waals surface area (Å²) in [5.41, 5.74) is 1.72. The lowest BCUT2D eigenvalue weighted by atomic mass is 10.1.